The number of halogens is 1. The highest BCUT2D eigenvalue weighted by molar-refractivity contribution is 9.10. The topological polar surface area (TPSA) is 106 Å². The van der Waals surface area contributed by atoms with Gasteiger partial charge in [0.15, 0.2) is 0 Å². The maximum absolute atomic E-state index is 12.9. The molecule has 0 aliphatic rings. The molecule has 3 aromatic rings. The van der Waals surface area contributed by atoms with Crippen LogP contribution in [-0.2, 0) is 22.4 Å². The number of benzene rings is 2. The molecule has 0 bridgehead atoms. The summed E-state index contributed by atoms with van der Waals surface area (Å²) in [5, 5.41) is 13.1. The largest absolute Gasteiger partial charge is 0.444 e. The maximum atomic E-state index is 12.9. The minimum atomic E-state index is -0.894. The molecule has 0 fully saturated rings. The molecule has 2 amide bonds. The Hall–Kier alpha value is -3.20. The number of hydrogen-bond acceptors (Lipinski definition) is 6. The van der Waals surface area contributed by atoms with Crippen LogP contribution in [0.25, 0.3) is 0 Å². The van der Waals surface area contributed by atoms with Crippen molar-refractivity contribution in [3.63, 3.8) is 0 Å². The van der Waals surface area contributed by atoms with Gasteiger partial charge < -0.3 is 14.5 Å². The van der Waals surface area contributed by atoms with Crippen molar-refractivity contribution in [3.8, 4) is 0 Å². The van der Waals surface area contributed by atoms with Gasteiger partial charge in [-0.15, -0.1) is 5.10 Å². The molecule has 0 aliphatic heterocycles. The Morgan fingerprint density at radius 3 is 2.38 bits per heavy atom. The lowest BCUT2D eigenvalue weighted by molar-refractivity contribution is -0.118. The number of rotatable bonds is 7. The van der Waals surface area contributed by atoms with Gasteiger partial charge in [0.1, 0.15) is 11.6 Å². The summed E-state index contributed by atoms with van der Waals surface area (Å²) in [6, 6.07) is 16.1. The molecule has 1 unspecified atom stereocenters. The minimum Gasteiger partial charge on any atom is -0.444 e. The number of aromatic nitrogens is 2. The van der Waals surface area contributed by atoms with Crippen LogP contribution >= 0.6 is 15.9 Å². The molecule has 8 nitrogen and oxygen atoms in total. The van der Waals surface area contributed by atoms with Gasteiger partial charge in [0.25, 0.3) is 5.91 Å². The van der Waals surface area contributed by atoms with E-state index in [1.54, 1.807) is 20.8 Å². The average Bonchev–Trinajstić information content (AvgIpc) is 3.15. The summed E-state index contributed by atoms with van der Waals surface area (Å²) in [5.74, 6) is -0.124. The fourth-order valence-electron chi connectivity index (χ4n) is 2.85. The first-order valence-electron chi connectivity index (χ1n) is 10.1. The number of carbonyl (C=O) groups excluding carboxylic acids is 2. The highest BCUT2D eigenvalue weighted by Gasteiger charge is 2.26. The SMILES string of the molecule is CC(C)(C)OC(=O)NC(Cc1ccccc1)C(=O)Nc1nnc(Cc2ccc(Br)cc2)o1. The first-order chi connectivity index (χ1) is 15.2. The third-order valence-electron chi connectivity index (χ3n) is 4.26. The summed E-state index contributed by atoms with van der Waals surface area (Å²) in [6.07, 6.45) is 0.0148. The Labute approximate surface area is 194 Å². The quantitative estimate of drug-likeness (QED) is 0.494. The predicted octanol–water partition coefficient (Wildman–Crippen LogP) is 4.50. The number of amides is 2. The Morgan fingerprint density at radius 1 is 1.03 bits per heavy atom. The van der Waals surface area contributed by atoms with Crippen LogP contribution in [-0.4, -0.2) is 33.8 Å². The van der Waals surface area contributed by atoms with E-state index < -0.39 is 23.6 Å². The van der Waals surface area contributed by atoms with Gasteiger partial charge in [0.2, 0.25) is 5.89 Å². The predicted molar refractivity (Wildman–Crippen MR) is 123 cm³/mol. The number of alkyl carbamates (subject to hydrolysis) is 1. The Kier molecular flexibility index (Phi) is 7.63. The lowest BCUT2D eigenvalue weighted by Gasteiger charge is -2.23. The molecule has 2 aromatic carbocycles. The van der Waals surface area contributed by atoms with E-state index in [1.807, 2.05) is 54.6 Å². The second kappa shape index (κ2) is 10.4. The van der Waals surface area contributed by atoms with Crippen molar-refractivity contribution in [2.24, 2.45) is 0 Å². The molecule has 9 heteroatoms. The van der Waals surface area contributed by atoms with E-state index in [-0.39, 0.29) is 12.4 Å². The van der Waals surface area contributed by atoms with E-state index in [9.17, 15) is 9.59 Å². The van der Waals surface area contributed by atoms with Crippen molar-refractivity contribution in [3.05, 3.63) is 76.1 Å². The first-order valence-corrected chi connectivity index (χ1v) is 10.9. The van der Waals surface area contributed by atoms with E-state index in [0.29, 0.717) is 12.3 Å². The zero-order valence-corrected chi connectivity index (χ0v) is 19.7. The summed E-state index contributed by atoms with van der Waals surface area (Å²) in [4.78, 5) is 25.2. The third-order valence-corrected chi connectivity index (χ3v) is 4.78. The minimum absolute atomic E-state index is 0.0360. The molecule has 1 aromatic heterocycles. The van der Waals surface area contributed by atoms with Crippen LogP contribution in [0.1, 0.15) is 37.8 Å². The van der Waals surface area contributed by atoms with Gasteiger partial charge in [-0.05, 0) is 44.0 Å². The van der Waals surface area contributed by atoms with Gasteiger partial charge in [-0.2, -0.15) is 0 Å². The van der Waals surface area contributed by atoms with Gasteiger partial charge in [0, 0.05) is 10.9 Å². The van der Waals surface area contributed by atoms with Crippen LogP contribution in [0.3, 0.4) is 0 Å². The highest BCUT2D eigenvalue weighted by Crippen LogP contribution is 2.16. The summed E-state index contributed by atoms with van der Waals surface area (Å²) in [5.41, 5.74) is 1.18. The highest BCUT2D eigenvalue weighted by atomic mass is 79.9. The lowest BCUT2D eigenvalue weighted by Crippen LogP contribution is -2.47. The molecule has 2 N–H and O–H groups in total. The molecule has 32 heavy (non-hydrogen) atoms. The van der Waals surface area contributed by atoms with Crippen LogP contribution < -0.4 is 10.6 Å². The van der Waals surface area contributed by atoms with Crippen molar-refractivity contribution in [1.82, 2.24) is 15.5 Å². The number of nitrogens with zero attached hydrogens (tertiary/aromatic N) is 2. The Bertz CT molecular complexity index is 1050. The average molecular weight is 501 g/mol. The summed E-state index contributed by atoms with van der Waals surface area (Å²) in [6.45, 7) is 5.26. The number of hydrogen-bond donors (Lipinski definition) is 2. The van der Waals surface area contributed by atoms with E-state index in [0.717, 1.165) is 15.6 Å². The van der Waals surface area contributed by atoms with Gasteiger partial charge in [-0.25, -0.2) is 4.79 Å². The molecule has 0 radical (unpaired) electrons. The van der Waals surface area contributed by atoms with Gasteiger partial charge >= 0.3 is 12.1 Å². The molecule has 3 rings (SSSR count). The zero-order chi connectivity index (χ0) is 23.1. The molecule has 0 aliphatic carbocycles. The lowest BCUT2D eigenvalue weighted by atomic mass is 10.1. The molecule has 1 atom stereocenters. The third kappa shape index (κ3) is 7.49. The number of ether oxygens (including phenoxy) is 1. The molecule has 0 spiro atoms. The molecule has 1 heterocycles. The van der Waals surface area contributed by atoms with Gasteiger partial charge in [-0.1, -0.05) is 63.5 Å². The Morgan fingerprint density at radius 2 is 1.72 bits per heavy atom. The van der Waals surface area contributed by atoms with E-state index >= 15 is 0 Å². The van der Waals surface area contributed by atoms with Crippen LogP contribution in [0.15, 0.2) is 63.5 Å². The van der Waals surface area contributed by atoms with Crippen molar-refractivity contribution in [2.75, 3.05) is 5.32 Å². The fraction of sp³-hybridized carbons (Fsp3) is 0.304. The van der Waals surface area contributed by atoms with Gasteiger partial charge in [-0.3, -0.25) is 10.1 Å². The first kappa shape index (κ1) is 23.5. The van der Waals surface area contributed by atoms with Crippen molar-refractivity contribution < 1.29 is 18.7 Å². The second-order valence-electron chi connectivity index (χ2n) is 8.18. The standard InChI is InChI=1S/C23H25BrN4O4/c1-23(2,3)32-22(30)25-18(13-15-7-5-4-6-8-15)20(29)26-21-28-27-19(31-21)14-16-9-11-17(24)12-10-16/h4-12,18H,13-14H2,1-3H3,(H,25,30)(H,26,28,29). The molecule has 0 saturated carbocycles. The van der Waals surface area contributed by atoms with Crippen LogP contribution in [0.5, 0.6) is 0 Å². The number of carbonyl (C=O) groups is 2. The molecule has 0 saturated heterocycles. The summed E-state index contributed by atoms with van der Waals surface area (Å²) in [7, 11) is 0. The van der Waals surface area contributed by atoms with Crippen LogP contribution in [0, 0.1) is 0 Å². The molecular formula is C23H25BrN4O4. The van der Waals surface area contributed by atoms with Crippen LogP contribution in [0.2, 0.25) is 0 Å². The number of nitrogens with one attached hydrogen (secondary N) is 2. The van der Waals surface area contributed by atoms with Crippen molar-refractivity contribution in [2.45, 2.75) is 45.3 Å². The van der Waals surface area contributed by atoms with E-state index in [2.05, 4.69) is 36.8 Å². The number of anilines is 1. The maximum Gasteiger partial charge on any atom is 0.408 e. The van der Waals surface area contributed by atoms with Gasteiger partial charge in [0.05, 0.1) is 6.42 Å². The Balaban J connectivity index is 1.67. The monoisotopic (exact) mass is 500 g/mol. The summed E-state index contributed by atoms with van der Waals surface area (Å²) >= 11 is 3.39. The van der Waals surface area contributed by atoms with Crippen molar-refractivity contribution in [1.29, 1.82) is 0 Å². The smallest absolute Gasteiger partial charge is 0.408 e. The van der Waals surface area contributed by atoms with E-state index in [1.165, 1.54) is 0 Å². The fourth-order valence-corrected chi connectivity index (χ4v) is 3.12. The van der Waals surface area contributed by atoms with E-state index in [4.69, 9.17) is 9.15 Å². The zero-order valence-electron chi connectivity index (χ0n) is 18.1. The molecule has 168 valence electrons. The van der Waals surface area contributed by atoms with Crippen LogP contribution in [0.4, 0.5) is 10.8 Å². The van der Waals surface area contributed by atoms with Crippen molar-refractivity contribution >= 4 is 33.9 Å². The molecular weight excluding hydrogens is 476 g/mol. The normalized spacial score (nSPS) is 12.1. The second-order valence-corrected chi connectivity index (χ2v) is 9.10. The summed E-state index contributed by atoms with van der Waals surface area (Å²) < 4.78 is 11.8.